The van der Waals surface area contributed by atoms with E-state index in [9.17, 15) is 9.59 Å². The van der Waals surface area contributed by atoms with E-state index in [0.29, 0.717) is 16.5 Å². The van der Waals surface area contributed by atoms with Gasteiger partial charge >= 0.3 is 5.97 Å². The summed E-state index contributed by atoms with van der Waals surface area (Å²) in [6, 6.07) is 8.15. The van der Waals surface area contributed by atoms with Crippen LogP contribution < -0.4 is 5.32 Å². The minimum atomic E-state index is -0.443. The van der Waals surface area contributed by atoms with Gasteiger partial charge in [-0.25, -0.2) is 14.8 Å². The van der Waals surface area contributed by atoms with E-state index in [4.69, 9.17) is 4.74 Å². The number of thiophene rings is 2. The van der Waals surface area contributed by atoms with Crippen LogP contribution in [0.15, 0.2) is 41.0 Å². The Morgan fingerprint density at radius 2 is 1.89 bits per heavy atom. The van der Waals surface area contributed by atoms with Gasteiger partial charge in [-0.05, 0) is 43.4 Å². The van der Waals surface area contributed by atoms with Crippen molar-refractivity contribution in [2.75, 3.05) is 17.7 Å². The standard InChI is InChI=1S/C26H27N3O3S3/c1-6-32-26(31)22-19(18-9-7-17(8-10-18)14(2)3)11-33-25(22)29-20(30)12-34-23-21-15(4)16(5)35-24(21)28-13-27-23/h7-11,13-14H,6,12H2,1-5H3,(H,29,30). The maximum absolute atomic E-state index is 12.9. The number of ether oxygens (including phenoxy) is 1. The summed E-state index contributed by atoms with van der Waals surface area (Å²) in [7, 11) is 0. The van der Waals surface area contributed by atoms with Crippen LogP contribution in [0.2, 0.25) is 0 Å². The maximum atomic E-state index is 12.9. The SMILES string of the molecule is CCOC(=O)c1c(-c2ccc(C(C)C)cc2)csc1NC(=O)CSc1ncnc2sc(C)c(C)c12. The monoisotopic (exact) mass is 525 g/mol. The quantitative estimate of drug-likeness (QED) is 0.151. The predicted molar refractivity (Wildman–Crippen MR) is 146 cm³/mol. The summed E-state index contributed by atoms with van der Waals surface area (Å²) in [4.78, 5) is 36.6. The highest BCUT2D eigenvalue weighted by Gasteiger charge is 2.23. The zero-order valence-electron chi connectivity index (χ0n) is 20.3. The molecule has 0 saturated heterocycles. The van der Waals surface area contributed by atoms with E-state index in [1.165, 1.54) is 39.9 Å². The smallest absolute Gasteiger partial charge is 0.341 e. The number of fused-ring (bicyclic) bond motifs is 1. The molecule has 0 aliphatic rings. The van der Waals surface area contributed by atoms with E-state index >= 15 is 0 Å². The molecule has 6 nitrogen and oxygen atoms in total. The van der Waals surface area contributed by atoms with Crippen LogP contribution in [0.4, 0.5) is 5.00 Å². The van der Waals surface area contributed by atoms with Crippen LogP contribution in [-0.4, -0.2) is 34.2 Å². The molecule has 1 aromatic carbocycles. The first kappa shape index (κ1) is 25.3. The number of carbonyl (C=O) groups excluding carboxylic acids is 2. The molecular weight excluding hydrogens is 499 g/mol. The van der Waals surface area contributed by atoms with Gasteiger partial charge in [-0.2, -0.15) is 0 Å². The van der Waals surface area contributed by atoms with Gasteiger partial charge in [0.15, 0.2) is 0 Å². The van der Waals surface area contributed by atoms with E-state index in [2.05, 4.69) is 48.2 Å². The third-order valence-electron chi connectivity index (χ3n) is 5.68. The topological polar surface area (TPSA) is 81.2 Å². The van der Waals surface area contributed by atoms with E-state index in [-0.39, 0.29) is 18.3 Å². The van der Waals surface area contributed by atoms with Crippen molar-refractivity contribution in [3.8, 4) is 11.1 Å². The van der Waals surface area contributed by atoms with Crippen molar-refractivity contribution in [2.45, 2.75) is 45.6 Å². The molecule has 0 aliphatic carbocycles. The minimum Gasteiger partial charge on any atom is -0.462 e. The molecule has 0 aliphatic heterocycles. The number of anilines is 1. The number of rotatable bonds is 8. The van der Waals surface area contributed by atoms with E-state index in [1.54, 1.807) is 18.3 Å². The molecule has 0 atom stereocenters. The zero-order valence-corrected chi connectivity index (χ0v) is 22.7. The first-order valence-corrected chi connectivity index (χ1v) is 14.0. The van der Waals surface area contributed by atoms with Gasteiger partial charge in [0, 0.05) is 21.2 Å². The Morgan fingerprint density at radius 3 is 2.57 bits per heavy atom. The summed E-state index contributed by atoms with van der Waals surface area (Å²) >= 11 is 4.32. The summed E-state index contributed by atoms with van der Waals surface area (Å²) in [5, 5.41) is 7.10. The average molecular weight is 526 g/mol. The molecule has 0 fully saturated rings. The average Bonchev–Trinajstić information content (AvgIpc) is 3.38. The van der Waals surface area contributed by atoms with Crippen LogP contribution >= 0.6 is 34.4 Å². The van der Waals surface area contributed by atoms with Crippen LogP contribution in [0.5, 0.6) is 0 Å². The van der Waals surface area contributed by atoms with E-state index in [1.807, 2.05) is 24.4 Å². The molecular formula is C26H27N3O3S3. The van der Waals surface area contributed by atoms with Gasteiger partial charge in [-0.3, -0.25) is 4.79 Å². The summed E-state index contributed by atoms with van der Waals surface area (Å²) in [5.41, 5.74) is 4.43. The lowest BCUT2D eigenvalue weighted by atomic mass is 9.98. The molecule has 35 heavy (non-hydrogen) atoms. The highest BCUT2D eigenvalue weighted by molar-refractivity contribution is 8.00. The van der Waals surface area contributed by atoms with Crippen LogP contribution in [-0.2, 0) is 9.53 Å². The number of nitrogens with zero attached hydrogens (tertiary/aromatic N) is 2. The zero-order chi connectivity index (χ0) is 25.1. The van der Waals surface area contributed by atoms with Crippen LogP contribution in [0.3, 0.4) is 0 Å². The molecule has 3 aromatic heterocycles. The Labute approximate surface area is 217 Å². The number of hydrogen-bond donors (Lipinski definition) is 1. The predicted octanol–water partition coefficient (Wildman–Crippen LogP) is 7.07. The Bertz CT molecular complexity index is 1370. The van der Waals surface area contributed by atoms with Gasteiger partial charge in [0.1, 0.15) is 26.7 Å². The third kappa shape index (κ3) is 5.42. The number of hydrogen-bond acceptors (Lipinski definition) is 8. The molecule has 9 heteroatoms. The van der Waals surface area contributed by atoms with Gasteiger partial charge < -0.3 is 10.1 Å². The number of carbonyl (C=O) groups is 2. The second-order valence-corrected chi connectivity index (χ2v) is 11.4. The molecule has 3 heterocycles. The second kappa shape index (κ2) is 10.9. The fourth-order valence-electron chi connectivity index (χ4n) is 3.67. The summed E-state index contributed by atoms with van der Waals surface area (Å²) in [6.07, 6.45) is 1.53. The highest BCUT2D eigenvalue weighted by atomic mass is 32.2. The number of amides is 1. The lowest BCUT2D eigenvalue weighted by molar-refractivity contribution is -0.113. The van der Waals surface area contributed by atoms with E-state index < -0.39 is 5.97 Å². The molecule has 0 spiro atoms. The third-order valence-corrected chi connectivity index (χ3v) is 8.68. The number of aryl methyl sites for hydroxylation is 2. The van der Waals surface area contributed by atoms with Gasteiger partial charge in [0.2, 0.25) is 5.91 Å². The van der Waals surface area contributed by atoms with Crippen molar-refractivity contribution < 1.29 is 14.3 Å². The maximum Gasteiger partial charge on any atom is 0.341 e. The van der Waals surface area contributed by atoms with Crippen molar-refractivity contribution in [3.63, 3.8) is 0 Å². The Morgan fingerprint density at radius 1 is 1.14 bits per heavy atom. The van der Waals surface area contributed by atoms with Crippen molar-refractivity contribution in [1.82, 2.24) is 9.97 Å². The lowest BCUT2D eigenvalue weighted by Gasteiger charge is -2.10. The van der Waals surface area contributed by atoms with Crippen LogP contribution in [0, 0.1) is 13.8 Å². The number of esters is 1. The molecule has 4 rings (SSSR count). The van der Waals surface area contributed by atoms with Crippen molar-refractivity contribution >= 4 is 61.5 Å². The Hall–Kier alpha value is -2.75. The summed E-state index contributed by atoms with van der Waals surface area (Å²) < 4.78 is 5.32. The van der Waals surface area contributed by atoms with Crippen molar-refractivity contribution in [2.24, 2.45) is 0 Å². The molecule has 1 amide bonds. The summed E-state index contributed by atoms with van der Waals surface area (Å²) in [5.74, 6) is -0.0674. The molecule has 182 valence electrons. The van der Waals surface area contributed by atoms with E-state index in [0.717, 1.165) is 31.9 Å². The molecule has 0 saturated carbocycles. The van der Waals surface area contributed by atoms with Crippen LogP contribution in [0.1, 0.15) is 53.1 Å². The largest absolute Gasteiger partial charge is 0.462 e. The van der Waals surface area contributed by atoms with Gasteiger partial charge in [0.25, 0.3) is 0 Å². The number of aromatic nitrogens is 2. The first-order chi connectivity index (χ1) is 16.8. The van der Waals surface area contributed by atoms with Gasteiger partial charge in [0.05, 0.1) is 12.4 Å². The first-order valence-electron chi connectivity index (χ1n) is 11.3. The molecule has 0 radical (unpaired) electrons. The van der Waals surface area contributed by atoms with Crippen LogP contribution in [0.25, 0.3) is 21.3 Å². The second-order valence-electron chi connectivity index (χ2n) is 8.33. The fraction of sp³-hybridized carbons (Fsp3) is 0.308. The van der Waals surface area contributed by atoms with Gasteiger partial charge in [-0.15, -0.1) is 22.7 Å². The summed E-state index contributed by atoms with van der Waals surface area (Å²) in [6.45, 7) is 10.4. The fourth-order valence-corrected chi connectivity index (χ4v) is 6.56. The van der Waals surface area contributed by atoms with Crippen molar-refractivity contribution in [3.05, 3.63) is 57.5 Å². The molecule has 4 aromatic rings. The Kier molecular flexibility index (Phi) is 7.88. The molecule has 0 unspecified atom stereocenters. The Balaban J connectivity index is 1.56. The number of benzene rings is 1. The van der Waals surface area contributed by atoms with Crippen molar-refractivity contribution in [1.29, 1.82) is 0 Å². The normalized spacial score (nSPS) is 11.3. The minimum absolute atomic E-state index is 0.166. The number of thioether (sulfide) groups is 1. The lowest BCUT2D eigenvalue weighted by Crippen LogP contribution is -2.16. The number of nitrogens with one attached hydrogen (secondary N) is 1. The molecule has 0 bridgehead atoms. The highest BCUT2D eigenvalue weighted by Crippen LogP contribution is 2.38. The van der Waals surface area contributed by atoms with Gasteiger partial charge in [-0.1, -0.05) is 49.9 Å². The molecule has 1 N–H and O–H groups in total.